The van der Waals surface area contributed by atoms with Gasteiger partial charge in [-0.05, 0) is 43.2 Å². The van der Waals surface area contributed by atoms with Gasteiger partial charge in [0.15, 0.2) is 12.2 Å². The summed E-state index contributed by atoms with van der Waals surface area (Å²) in [5, 5.41) is 1.21. The Kier molecular flexibility index (Phi) is 6.50. The van der Waals surface area contributed by atoms with E-state index < -0.39 is 0 Å². The van der Waals surface area contributed by atoms with Crippen molar-refractivity contribution in [1.29, 1.82) is 0 Å². The molecule has 1 heterocycles. The van der Waals surface area contributed by atoms with E-state index in [-0.39, 0.29) is 0 Å². The number of aryl methyl sites for hydroxylation is 1. The van der Waals surface area contributed by atoms with Crippen LogP contribution in [0, 0.1) is 6.92 Å². The number of aromatic nitrogens is 1. The Morgan fingerprint density at radius 3 is 2.44 bits per heavy atom. The van der Waals surface area contributed by atoms with Gasteiger partial charge in [0.1, 0.15) is 0 Å². The Hall–Kier alpha value is -3.27. The second kappa shape index (κ2) is 9.47. The maximum Gasteiger partial charge on any atom is 0.181 e. The van der Waals surface area contributed by atoms with Crippen LogP contribution in [0.3, 0.4) is 0 Å². The molecule has 0 aliphatic rings. The number of hydrogen-bond acceptors (Lipinski definition) is 3. The molecule has 0 N–H and O–H groups in total. The van der Waals surface area contributed by atoms with Crippen molar-refractivity contribution in [2.24, 2.45) is 0 Å². The largest absolute Gasteiger partial charge is 0.444 e. The Morgan fingerprint density at radius 2 is 1.75 bits per heavy atom. The highest BCUT2D eigenvalue weighted by molar-refractivity contribution is 6.34. The van der Waals surface area contributed by atoms with E-state index in [1.165, 1.54) is 12.0 Å². The predicted octanol–water partition coefficient (Wildman–Crippen LogP) is 8.50. The van der Waals surface area contributed by atoms with E-state index in [1.807, 2.05) is 60.5 Å². The number of hydrogen-bond donors (Lipinski definition) is 0. The Bertz CT molecular complexity index is 1290. The summed E-state index contributed by atoms with van der Waals surface area (Å²) in [4.78, 5) is 5.95. The van der Waals surface area contributed by atoms with Crippen molar-refractivity contribution in [1.82, 2.24) is 4.98 Å². The van der Waals surface area contributed by atoms with Crippen molar-refractivity contribution < 1.29 is 4.42 Å². The van der Waals surface area contributed by atoms with E-state index in [9.17, 15) is 0 Å². The van der Waals surface area contributed by atoms with E-state index in [4.69, 9.17) is 27.6 Å². The Morgan fingerprint density at radius 1 is 0.969 bits per heavy atom. The number of nitrogens with zero attached hydrogens (tertiary/aromatic N) is 2. The quantitative estimate of drug-likeness (QED) is 0.288. The predicted molar refractivity (Wildman–Crippen MR) is 135 cm³/mol. The third-order valence-electron chi connectivity index (χ3n) is 5.18. The van der Waals surface area contributed by atoms with Crippen molar-refractivity contribution >= 4 is 40.2 Å². The van der Waals surface area contributed by atoms with E-state index >= 15 is 0 Å². The average Bonchev–Trinajstić information content (AvgIpc) is 3.33. The minimum Gasteiger partial charge on any atom is -0.444 e. The van der Waals surface area contributed by atoms with Crippen molar-refractivity contribution in [2.45, 2.75) is 13.8 Å². The maximum absolute atomic E-state index is 6.81. The molecule has 0 radical (unpaired) electrons. The van der Waals surface area contributed by atoms with Crippen LogP contribution in [0.2, 0.25) is 10.0 Å². The van der Waals surface area contributed by atoms with Crippen LogP contribution < -0.4 is 4.90 Å². The zero-order valence-corrected chi connectivity index (χ0v) is 19.4. The summed E-state index contributed by atoms with van der Waals surface area (Å²) in [5.41, 5.74) is 6.52. The molecule has 0 spiro atoms. The molecular formula is C27H22Cl2N2O. The molecule has 3 aromatic carbocycles. The minimum absolute atomic E-state index is 0.596. The van der Waals surface area contributed by atoms with Gasteiger partial charge in [0.25, 0.3) is 0 Å². The molecule has 3 nitrogen and oxygen atoms in total. The molecule has 4 aromatic rings. The van der Waals surface area contributed by atoms with Gasteiger partial charge in [-0.1, -0.05) is 83.9 Å². The third kappa shape index (κ3) is 4.64. The molecule has 0 atom stereocenters. The second-order valence-electron chi connectivity index (χ2n) is 7.51. The minimum atomic E-state index is 0.596. The highest BCUT2D eigenvalue weighted by Crippen LogP contribution is 2.37. The van der Waals surface area contributed by atoms with E-state index in [2.05, 4.69) is 42.8 Å². The monoisotopic (exact) mass is 460 g/mol. The lowest BCUT2D eigenvalue weighted by Crippen LogP contribution is -2.15. The smallest absolute Gasteiger partial charge is 0.181 e. The number of benzene rings is 3. The summed E-state index contributed by atoms with van der Waals surface area (Å²) in [6, 6.07) is 21.9. The topological polar surface area (TPSA) is 29.3 Å². The summed E-state index contributed by atoms with van der Waals surface area (Å²) in [7, 11) is 0. The molecule has 0 aliphatic carbocycles. The first kappa shape index (κ1) is 21.9. The summed E-state index contributed by atoms with van der Waals surface area (Å²) in [6.07, 6.45) is 5.01. The summed E-state index contributed by atoms with van der Waals surface area (Å²) in [6.45, 7) is 8.34. The number of halogens is 2. The molecule has 0 aliphatic heterocycles. The van der Waals surface area contributed by atoms with Gasteiger partial charge in [-0.15, -0.1) is 0 Å². The van der Waals surface area contributed by atoms with E-state index in [0.29, 0.717) is 21.5 Å². The van der Waals surface area contributed by atoms with Gasteiger partial charge in [-0.25, -0.2) is 4.98 Å². The molecule has 0 fully saturated rings. The van der Waals surface area contributed by atoms with Crippen LogP contribution in [0.4, 0.5) is 5.69 Å². The van der Waals surface area contributed by atoms with Crippen LogP contribution in [-0.2, 0) is 0 Å². The van der Waals surface area contributed by atoms with Gasteiger partial charge in [0.05, 0.1) is 16.9 Å². The molecular weight excluding hydrogens is 439 g/mol. The average molecular weight is 461 g/mol. The Labute approximate surface area is 198 Å². The standard InChI is InChI=1S/C27H22Cl2N2O/c1-18-7-6-8-21(13-18)22-11-12-26(25(29)14-22)31(16-19(2)27-15-30-17-32-27)20(3)23-9-4-5-10-24(23)28/h4-17H,3H2,1-2H3/b19-16+. The van der Waals surface area contributed by atoms with Gasteiger partial charge in [0.2, 0.25) is 0 Å². The Balaban J connectivity index is 1.80. The van der Waals surface area contributed by atoms with Crippen molar-refractivity contribution in [2.75, 3.05) is 4.90 Å². The third-order valence-corrected chi connectivity index (χ3v) is 5.81. The molecule has 32 heavy (non-hydrogen) atoms. The van der Waals surface area contributed by atoms with Crippen LogP contribution in [0.5, 0.6) is 0 Å². The fraction of sp³-hybridized carbons (Fsp3) is 0.0741. The van der Waals surface area contributed by atoms with Gasteiger partial charge >= 0.3 is 0 Å². The SMILES string of the molecule is C=C(c1ccccc1Cl)N(/C=C(\C)c1cnco1)c1ccc(-c2cccc(C)c2)cc1Cl. The summed E-state index contributed by atoms with van der Waals surface area (Å²) in [5.74, 6) is 0.662. The van der Waals surface area contributed by atoms with Gasteiger partial charge in [0, 0.05) is 28.1 Å². The van der Waals surface area contributed by atoms with E-state index in [1.54, 1.807) is 6.20 Å². The van der Waals surface area contributed by atoms with Crippen molar-refractivity contribution in [3.8, 4) is 11.1 Å². The number of anilines is 1. The number of rotatable bonds is 6. The van der Waals surface area contributed by atoms with Crippen molar-refractivity contribution in [3.05, 3.63) is 119 Å². The van der Waals surface area contributed by atoms with Crippen LogP contribution in [0.15, 0.2) is 96.5 Å². The van der Waals surface area contributed by atoms with Crippen LogP contribution >= 0.6 is 23.2 Å². The fourth-order valence-corrected chi connectivity index (χ4v) is 4.01. The second-order valence-corrected chi connectivity index (χ2v) is 8.32. The van der Waals surface area contributed by atoms with Crippen LogP contribution in [-0.4, -0.2) is 4.98 Å². The molecule has 0 bridgehead atoms. The van der Waals surface area contributed by atoms with Gasteiger partial charge in [-0.2, -0.15) is 0 Å². The summed E-state index contributed by atoms with van der Waals surface area (Å²) < 4.78 is 5.46. The lowest BCUT2D eigenvalue weighted by atomic mass is 10.0. The number of oxazole rings is 1. The highest BCUT2D eigenvalue weighted by atomic mass is 35.5. The number of allylic oxidation sites excluding steroid dienone is 1. The van der Waals surface area contributed by atoms with Crippen molar-refractivity contribution in [3.63, 3.8) is 0 Å². The lowest BCUT2D eigenvalue weighted by molar-refractivity contribution is 0.544. The van der Waals surface area contributed by atoms with E-state index in [0.717, 1.165) is 28.0 Å². The molecule has 0 saturated heterocycles. The first-order chi connectivity index (χ1) is 15.4. The highest BCUT2D eigenvalue weighted by Gasteiger charge is 2.17. The molecule has 4 rings (SSSR count). The first-order valence-electron chi connectivity index (χ1n) is 10.1. The molecule has 1 aromatic heterocycles. The normalized spacial score (nSPS) is 11.4. The van der Waals surface area contributed by atoms with Crippen LogP contribution in [0.25, 0.3) is 22.4 Å². The zero-order valence-electron chi connectivity index (χ0n) is 17.8. The molecule has 0 saturated carbocycles. The molecule has 5 heteroatoms. The molecule has 0 unspecified atom stereocenters. The van der Waals surface area contributed by atoms with Crippen LogP contribution in [0.1, 0.15) is 23.8 Å². The van der Waals surface area contributed by atoms with Gasteiger partial charge in [-0.3, -0.25) is 0 Å². The van der Waals surface area contributed by atoms with Gasteiger partial charge < -0.3 is 9.32 Å². The molecule has 160 valence electrons. The fourth-order valence-electron chi connectivity index (χ4n) is 3.49. The first-order valence-corrected chi connectivity index (χ1v) is 10.9. The molecule has 0 amide bonds. The lowest BCUT2D eigenvalue weighted by Gasteiger charge is -2.26. The summed E-state index contributed by atoms with van der Waals surface area (Å²) >= 11 is 13.3. The zero-order chi connectivity index (χ0) is 22.7. The maximum atomic E-state index is 6.81.